The van der Waals surface area contributed by atoms with Crippen LogP contribution in [0, 0.1) is 0 Å². The molecule has 0 saturated carbocycles. The van der Waals surface area contributed by atoms with E-state index in [0.29, 0.717) is 6.04 Å². The van der Waals surface area contributed by atoms with Crippen molar-refractivity contribution < 1.29 is 0 Å². The highest BCUT2D eigenvalue weighted by Gasteiger charge is 2.36. The number of rotatable bonds is 3. The molecular weight excluding hydrogens is 222 g/mol. The molecule has 2 N–H and O–H groups in total. The first kappa shape index (κ1) is 12.2. The van der Waals surface area contributed by atoms with Crippen LogP contribution in [0.1, 0.15) is 18.4 Å². The normalized spacial score (nSPS) is 29.4. The molecule has 0 bridgehead atoms. The summed E-state index contributed by atoms with van der Waals surface area (Å²) >= 11 is 0. The van der Waals surface area contributed by atoms with Crippen LogP contribution in [-0.2, 0) is 6.54 Å². The molecule has 18 heavy (non-hydrogen) atoms. The van der Waals surface area contributed by atoms with Gasteiger partial charge in [-0.25, -0.2) is 0 Å². The molecule has 0 radical (unpaired) electrons. The van der Waals surface area contributed by atoms with Crippen molar-refractivity contribution in [2.75, 3.05) is 26.2 Å². The van der Waals surface area contributed by atoms with E-state index in [0.717, 1.165) is 19.1 Å². The standard InChI is InChI=1S/C15H23N3/c16-10-14-6-7-15-12-17(8-9-18(14)15)11-13-4-2-1-3-5-13/h1-5,14-15H,6-12,16H2. The Bertz CT molecular complexity index is 379. The minimum Gasteiger partial charge on any atom is -0.329 e. The Morgan fingerprint density at radius 3 is 2.72 bits per heavy atom. The van der Waals surface area contributed by atoms with Crippen molar-refractivity contribution in [2.45, 2.75) is 31.5 Å². The van der Waals surface area contributed by atoms with Crippen molar-refractivity contribution in [3.8, 4) is 0 Å². The van der Waals surface area contributed by atoms with E-state index in [9.17, 15) is 0 Å². The van der Waals surface area contributed by atoms with Gasteiger partial charge < -0.3 is 5.73 Å². The van der Waals surface area contributed by atoms with Crippen LogP contribution in [-0.4, -0.2) is 48.1 Å². The average Bonchev–Trinajstić information content (AvgIpc) is 2.82. The number of nitrogens with zero attached hydrogens (tertiary/aromatic N) is 2. The first-order valence-electron chi connectivity index (χ1n) is 7.09. The zero-order valence-corrected chi connectivity index (χ0v) is 11.0. The summed E-state index contributed by atoms with van der Waals surface area (Å²) in [7, 11) is 0. The fourth-order valence-corrected chi connectivity index (χ4v) is 3.46. The maximum atomic E-state index is 5.84. The third-order valence-corrected chi connectivity index (χ3v) is 4.44. The zero-order chi connectivity index (χ0) is 12.4. The summed E-state index contributed by atoms with van der Waals surface area (Å²) in [5.41, 5.74) is 7.27. The van der Waals surface area contributed by atoms with Gasteiger partial charge in [-0.15, -0.1) is 0 Å². The SMILES string of the molecule is NCC1CCC2CN(Cc3ccccc3)CCN12. The third-order valence-electron chi connectivity index (χ3n) is 4.44. The first-order valence-corrected chi connectivity index (χ1v) is 7.09. The van der Waals surface area contributed by atoms with Crippen LogP contribution in [0.4, 0.5) is 0 Å². The predicted molar refractivity (Wildman–Crippen MR) is 74.3 cm³/mol. The molecule has 2 aliphatic heterocycles. The van der Waals surface area contributed by atoms with E-state index in [4.69, 9.17) is 5.73 Å². The van der Waals surface area contributed by atoms with Gasteiger partial charge in [-0.3, -0.25) is 9.80 Å². The molecule has 2 aliphatic rings. The molecule has 2 fully saturated rings. The van der Waals surface area contributed by atoms with Crippen LogP contribution in [0.2, 0.25) is 0 Å². The molecule has 1 aromatic carbocycles. The predicted octanol–water partition coefficient (Wildman–Crippen LogP) is 1.29. The molecule has 2 unspecified atom stereocenters. The Morgan fingerprint density at radius 2 is 1.94 bits per heavy atom. The minimum atomic E-state index is 0.647. The van der Waals surface area contributed by atoms with Gasteiger partial charge in [-0.2, -0.15) is 0 Å². The number of fused-ring (bicyclic) bond motifs is 1. The highest BCUT2D eigenvalue weighted by Crippen LogP contribution is 2.27. The fraction of sp³-hybridized carbons (Fsp3) is 0.600. The number of hydrogen-bond donors (Lipinski definition) is 1. The van der Waals surface area contributed by atoms with Gasteiger partial charge >= 0.3 is 0 Å². The van der Waals surface area contributed by atoms with Crippen LogP contribution in [0.25, 0.3) is 0 Å². The van der Waals surface area contributed by atoms with E-state index in [2.05, 4.69) is 40.1 Å². The first-order chi connectivity index (χ1) is 8.86. The van der Waals surface area contributed by atoms with Gasteiger partial charge in [0.05, 0.1) is 0 Å². The molecule has 0 aliphatic carbocycles. The van der Waals surface area contributed by atoms with Crippen LogP contribution >= 0.6 is 0 Å². The quantitative estimate of drug-likeness (QED) is 0.871. The second kappa shape index (κ2) is 5.39. The Morgan fingerprint density at radius 1 is 1.11 bits per heavy atom. The van der Waals surface area contributed by atoms with E-state index in [1.165, 1.54) is 38.0 Å². The summed E-state index contributed by atoms with van der Waals surface area (Å²) in [5, 5.41) is 0. The second-order valence-corrected chi connectivity index (χ2v) is 5.58. The summed E-state index contributed by atoms with van der Waals surface area (Å²) in [5.74, 6) is 0. The van der Waals surface area contributed by atoms with Gasteiger partial charge in [0.25, 0.3) is 0 Å². The summed E-state index contributed by atoms with van der Waals surface area (Å²) in [6.45, 7) is 5.51. The van der Waals surface area contributed by atoms with Gasteiger partial charge in [0.15, 0.2) is 0 Å². The van der Waals surface area contributed by atoms with Gasteiger partial charge in [0.2, 0.25) is 0 Å². The molecular formula is C15H23N3. The zero-order valence-electron chi connectivity index (χ0n) is 11.0. The smallest absolute Gasteiger partial charge is 0.0234 e. The molecule has 2 heterocycles. The summed E-state index contributed by atoms with van der Waals surface area (Å²) < 4.78 is 0. The lowest BCUT2D eigenvalue weighted by Crippen LogP contribution is -2.53. The molecule has 0 amide bonds. The van der Waals surface area contributed by atoms with Crippen LogP contribution in [0.15, 0.2) is 30.3 Å². The van der Waals surface area contributed by atoms with E-state index < -0.39 is 0 Å². The van der Waals surface area contributed by atoms with Crippen molar-refractivity contribution >= 4 is 0 Å². The highest BCUT2D eigenvalue weighted by atomic mass is 15.3. The topological polar surface area (TPSA) is 32.5 Å². The van der Waals surface area contributed by atoms with Crippen molar-refractivity contribution in [1.29, 1.82) is 0 Å². The van der Waals surface area contributed by atoms with Crippen molar-refractivity contribution in [3.63, 3.8) is 0 Å². The highest BCUT2D eigenvalue weighted by molar-refractivity contribution is 5.14. The molecule has 3 rings (SSSR count). The van der Waals surface area contributed by atoms with E-state index in [1.807, 2.05) is 0 Å². The maximum absolute atomic E-state index is 5.84. The Labute approximate surface area is 110 Å². The van der Waals surface area contributed by atoms with E-state index in [1.54, 1.807) is 0 Å². The lowest BCUT2D eigenvalue weighted by Gasteiger charge is -2.39. The number of nitrogens with two attached hydrogens (primary N) is 1. The molecule has 0 aromatic heterocycles. The average molecular weight is 245 g/mol. The van der Waals surface area contributed by atoms with Crippen molar-refractivity contribution in [1.82, 2.24) is 9.80 Å². The monoisotopic (exact) mass is 245 g/mol. The van der Waals surface area contributed by atoms with Gasteiger partial charge in [0, 0.05) is 44.8 Å². The Hall–Kier alpha value is -0.900. The van der Waals surface area contributed by atoms with Crippen molar-refractivity contribution in [3.05, 3.63) is 35.9 Å². The fourth-order valence-electron chi connectivity index (χ4n) is 3.46. The molecule has 2 saturated heterocycles. The number of benzene rings is 1. The molecule has 3 heteroatoms. The van der Waals surface area contributed by atoms with Gasteiger partial charge in [-0.1, -0.05) is 30.3 Å². The lowest BCUT2D eigenvalue weighted by molar-refractivity contribution is 0.0759. The van der Waals surface area contributed by atoms with E-state index in [-0.39, 0.29) is 0 Å². The molecule has 98 valence electrons. The maximum Gasteiger partial charge on any atom is 0.0234 e. The van der Waals surface area contributed by atoms with Gasteiger partial charge in [0.1, 0.15) is 0 Å². The van der Waals surface area contributed by atoms with Crippen molar-refractivity contribution in [2.24, 2.45) is 5.73 Å². The third kappa shape index (κ3) is 2.44. The molecule has 2 atom stereocenters. The summed E-state index contributed by atoms with van der Waals surface area (Å²) in [4.78, 5) is 5.23. The summed E-state index contributed by atoms with van der Waals surface area (Å²) in [6, 6.07) is 12.2. The Balaban J connectivity index is 1.59. The van der Waals surface area contributed by atoms with E-state index >= 15 is 0 Å². The van der Waals surface area contributed by atoms with Crippen LogP contribution < -0.4 is 5.73 Å². The van der Waals surface area contributed by atoms with Crippen LogP contribution in [0.3, 0.4) is 0 Å². The molecule has 1 aromatic rings. The second-order valence-electron chi connectivity index (χ2n) is 5.58. The Kier molecular flexibility index (Phi) is 3.64. The number of piperazine rings is 1. The lowest BCUT2D eigenvalue weighted by atomic mass is 10.1. The molecule has 0 spiro atoms. The largest absolute Gasteiger partial charge is 0.329 e. The summed E-state index contributed by atoms with van der Waals surface area (Å²) in [6.07, 6.45) is 2.62. The number of hydrogen-bond acceptors (Lipinski definition) is 3. The van der Waals surface area contributed by atoms with Crippen LogP contribution in [0.5, 0.6) is 0 Å². The molecule has 3 nitrogen and oxygen atoms in total. The van der Waals surface area contributed by atoms with Gasteiger partial charge in [-0.05, 0) is 18.4 Å². The minimum absolute atomic E-state index is 0.647.